The maximum atomic E-state index is 14.0. The van der Waals surface area contributed by atoms with E-state index in [1.165, 1.54) is 23.1 Å². The molecular weight excluding hydrogens is 550 g/mol. The molecule has 0 aliphatic heterocycles. The summed E-state index contributed by atoms with van der Waals surface area (Å²) in [5, 5.41) is 3.24. The Morgan fingerprint density at radius 2 is 1.65 bits per heavy atom. The van der Waals surface area contributed by atoms with Gasteiger partial charge in [-0.05, 0) is 75.2 Å². The van der Waals surface area contributed by atoms with Crippen molar-refractivity contribution in [1.29, 1.82) is 0 Å². The second-order valence-corrected chi connectivity index (χ2v) is 12.0. The van der Waals surface area contributed by atoms with Gasteiger partial charge in [-0.1, -0.05) is 54.4 Å². The van der Waals surface area contributed by atoms with E-state index in [4.69, 9.17) is 16.3 Å². The number of methoxy groups -OCH3 is 1. The predicted octanol–water partition coefficient (Wildman–Crippen LogP) is 5.18. The fourth-order valence-electron chi connectivity index (χ4n) is 3.97. The predicted molar refractivity (Wildman–Crippen MR) is 158 cm³/mol. The van der Waals surface area contributed by atoms with Gasteiger partial charge in [0, 0.05) is 17.6 Å². The third-order valence-corrected chi connectivity index (χ3v) is 8.69. The number of nitrogens with one attached hydrogen (secondary N) is 1. The zero-order valence-electron chi connectivity index (χ0n) is 23.4. The van der Waals surface area contributed by atoms with E-state index in [1.54, 1.807) is 68.6 Å². The van der Waals surface area contributed by atoms with Crippen molar-refractivity contribution in [3.8, 4) is 5.75 Å². The van der Waals surface area contributed by atoms with Crippen LogP contribution in [0.5, 0.6) is 5.75 Å². The molecule has 0 fully saturated rings. The van der Waals surface area contributed by atoms with Crippen molar-refractivity contribution in [3.63, 3.8) is 0 Å². The Bertz CT molecular complexity index is 1410. The summed E-state index contributed by atoms with van der Waals surface area (Å²) in [6, 6.07) is 18.9. The Morgan fingerprint density at radius 3 is 2.23 bits per heavy atom. The Balaban J connectivity index is 2.02. The first-order valence-electron chi connectivity index (χ1n) is 13.0. The van der Waals surface area contributed by atoms with Crippen molar-refractivity contribution in [2.45, 2.75) is 57.6 Å². The molecule has 0 aromatic heterocycles. The highest BCUT2D eigenvalue weighted by molar-refractivity contribution is 7.92. The van der Waals surface area contributed by atoms with Crippen LogP contribution in [0.15, 0.2) is 77.7 Å². The minimum absolute atomic E-state index is 0.0372. The van der Waals surface area contributed by atoms with Crippen molar-refractivity contribution in [2.75, 3.05) is 18.0 Å². The molecule has 0 saturated carbocycles. The molecule has 3 aromatic carbocycles. The average Bonchev–Trinajstić information content (AvgIpc) is 2.94. The van der Waals surface area contributed by atoms with Gasteiger partial charge in [-0.15, -0.1) is 0 Å². The van der Waals surface area contributed by atoms with E-state index in [1.807, 2.05) is 20.8 Å². The fraction of sp³-hybridized carbons (Fsp3) is 0.333. The van der Waals surface area contributed by atoms with Crippen LogP contribution in [-0.2, 0) is 26.2 Å². The molecule has 2 amide bonds. The zero-order chi connectivity index (χ0) is 29.4. The summed E-state index contributed by atoms with van der Waals surface area (Å²) in [4.78, 5) is 28.5. The molecule has 0 bridgehead atoms. The summed E-state index contributed by atoms with van der Waals surface area (Å²) in [6.07, 6.45) is 0.724. The van der Waals surface area contributed by atoms with E-state index >= 15 is 0 Å². The number of carbonyl (C=O) groups excluding carboxylic acids is 2. The lowest BCUT2D eigenvalue weighted by atomic mass is 10.1. The number of halogens is 1. The Labute approximate surface area is 241 Å². The standard InChI is InChI=1S/C30H36ClN3O5S/c1-6-22(3)32-30(36)23(4)33(19-24-12-14-27(39-5)15-13-24)29(35)20-34(26-9-7-8-25(31)18-26)40(37,38)28-16-10-21(2)11-17-28/h7-18,22-23H,6,19-20H2,1-5H3,(H,32,36). The van der Waals surface area contributed by atoms with Gasteiger partial charge in [0.05, 0.1) is 17.7 Å². The number of benzene rings is 3. The first-order chi connectivity index (χ1) is 19.0. The van der Waals surface area contributed by atoms with Crippen LogP contribution in [0.3, 0.4) is 0 Å². The van der Waals surface area contributed by atoms with Crippen LogP contribution in [-0.4, -0.2) is 50.9 Å². The van der Waals surface area contributed by atoms with Crippen LogP contribution < -0.4 is 14.4 Å². The maximum Gasteiger partial charge on any atom is 0.264 e. The number of hydrogen-bond acceptors (Lipinski definition) is 5. The molecule has 0 aliphatic carbocycles. The lowest BCUT2D eigenvalue weighted by Gasteiger charge is -2.32. The van der Waals surface area contributed by atoms with Crippen molar-refractivity contribution in [1.82, 2.24) is 10.2 Å². The minimum Gasteiger partial charge on any atom is -0.497 e. The van der Waals surface area contributed by atoms with E-state index in [-0.39, 0.29) is 29.1 Å². The van der Waals surface area contributed by atoms with Gasteiger partial charge in [0.1, 0.15) is 18.3 Å². The van der Waals surface area contributed by atoms with Crippen molar-refractivity contribution < 1.29 is 22.7 Å². The number of sulfonamides is 1. The molecule has 0 aliphatic rings. The van der Waals surface area contributed by atoms with E-state index in [0.29, 0.717) is 10.8 Å². The largest absolute Gasteiger partial charge is 0.497 e. The Morgan fingerprint density at radius 1 is 1.00 bits per heavy atom. The smallest absolute Gasteiger partial charge is 0.264 e. The summed E-state index contributed by atoms with van der Waals surface area (Å²) in [5.74, 6) is -0.217. The molecule has 2 unspecified atom stereocenters. The summed E-state index contributed by atoms with van der Waals surface area (Å²) in [6.45, 7) is 6.89. The molecule has 0 radical (unpaired) electrons. The van der Waals surface area contributed by atoms with Crippen LogP contribution in [0.4, 0.5) is 5.69 Å². The number of aryl methyl sites for hydroxylation is 1. The Kier molecular flexibility index (Phi) is 10.6. The molecule has 3 aromatic rings. The maximum absolute atomic E-state index is 14.0. The number of carbonyl (C=O) groups is 2. The molecule has 2 atom stereocenters. The average molecular weight is 586 g/mol. The van der Waals surface area contributed by atoms with Gasteiger partial charge in [-0.2, -0.15) is 0 Å². The van der Waals surface area contributed by atoms with E-state index in [9.17, 15) is 18.0 Å². The summed E-state index contributed by atoms with van der Waals surface area (Å²) in [5.41, 5.74) is 1.90. The molecule has 0 spiro atoms. The van der Waals surface area contributed by atoms with Crippen LogP contribution in [0.2, 0.25) is 5.02 Å². The first-order valence-corrected chi connectivity index (χ1v) is 14.9. The monoisotopic (exact) mass is 585 g/mol. The lowest BCUT2D eigenvalue weighted by molar-refractivity contribution is -0.139. The number of ether oxygens (including phenoxy) is 1. The van der Waals surface area contributed by atoms with Gasteiger partial charge in [-0.25, -0.2) is 8.42 Å². The highest BCUT2D eigenvalue weighted by Crippen LogP contribution is 2.27. The molecule has 10 heteroatoms. The van der Waals surface area contributed by atoms with Crippen molar-refractivity contribution >= 4 is 39.1 Å². The van der Waals surface area contributed by atoms with Gasteiger partial charge in [0.2, 0.25) is 11.8 Å². The number of hydrogen-bond donors (Lipinski definition) is 1. The number of rotatable bonds is 12. The highest BCUT2D eigenvalue weighted by Gasteiger charge is 2.32. The van der Waals surface area contributed by atoms with Gasteiger partial charge >= 0.3 is 0 Å². The Hall–Kier alpha value is -3.56. The molecule has 0 heterocycles. The minimum atomic E-state index is -4.16. The van der Waals surface area contributed by atoms with Crippen LogP contribution in [0, 0.1) is 6.92 Å². The van der Waals surface area contributed by atoms with Crippen LogP contribution >= 0.6 is 11.6 Å². The van der Waals surface area contributed by atoms with Crippen molar-refractivity contribution in [3.05, 3.63) is 88.9 Å². The zero-order valence-corrected chi connectivity index (χ0v) is 25.0. The summed E-state index contributed by atoms with van der Waals surface area (Å²) >= 11 is 6.21. The van der Waals surface area contributed by atoms with Gasteiger partial charge < -0.3 is 15.0 Å². The number of amides is 2. The SMILES string of the molecule is CCC(C)NC(=O)C(C)N(Cc1ccc(OC)cc1)C(=O)CN(c1cccc(Cl)c1)S(=O)(=O)c1ccc(C)cc1. The summed E-state index contributed by atoms with van der Waals surface area (Å²) in [7, 11) is -2.60. The summed E-state index contributed by atoms with van der Waals surface area (Å²) < 4.78 is 34.0. The number of anilines is 1. The van der Waals surface area contributed by atoms with E-state index < -0.39 is 28.5 Å². The van der Waals surface area contributed by atoms with Crippen molar-refractivity contribution in [2.24, 2.45) is 0 Å². The van der Waals surface area contributed by atoms with E-state index in [0.717, 1.165) is 21.9 Å². The second-order valence-electron chi connectivity index (χ2n) is 9.67. The van der Waals surface area contributed by atoms with E-state index in [2.05, 4.69) is 5.32 Å². The van der Waals surface area contributed by atoms with Crippen LogP contribution in [0.1, 0.15) is 38.3 Å². The third kappa shape index (κ3) is 7.76. The quantitative estimate of drug-likeness (QED) is 0.316. The molecule has 1 N–H and O–H groups in total. The molecule has 3 rings (SSSR count). The third-order valence-electron chi connectivity index (χ3n) is 6.66. The molecule has 0 saturated heterocycles. The normalized spacial score (nSPS) is 12.8. The van der Waals surface area contributed by atoms with Gasteiger partial charge in [-0.3, -0.25) is 13.9 Å². The molecule has 214 valence electrons. The van der Waals surface area contributed by atoms with Gasteiger partial charge in [0.25, 0.3) is 10.0 Å². The topological polar surface area (TPSA) is 96.0 Å². The first kappa shape index (κ1) is 31.0. The second kappa shape index (κ2) is 13.7. The van der Waals surface area contributed by atoms with Gasteiger partial charge in [0.15, 0.2) is 0 Å². The highest BCUT2D eigenvalue weighted by atomic mass is 35.5. The lowest BCUT2D eigenvalue weighted by Crippen LogP contribution is -2.52. The molecule has 8 nitrogen and oxygen atoms in total. The van der Waals surface area contributed by atoms with Crippen LogP contribution in [0.25, 0.3) is 0 Å². The fourth-order valence-corrected chi connectivity index (χ4v) is 5.56. The molecular formula is C30H36ClN3O5S. The number of nitrogens with zero attached hydrogens (tertiary/aromatic N) is 2. The molecule has 40 heavy (non-hydrogen) atoms.